The molecule has 0 saturated carbocycles. The standard InChI is InChI=1S/C15H9BrClFN2O/c1-20(14-7-11(17)4-2-9(14)8-19)15(21)12-6-10(16)3-5-13(12)18/h2-7H,1H3. The van der Waals surface area contributed by atoms with Gasteiger partial charge in [-0.15, -0.1) is 0 Å². The van der Waals surface area contributed by atoms with Crippen molar-refractivity contribution in [1.82, 2.24) is 0 Å². The van der Waals surface area contributed by atoms with Crippen LogP contribution in [0.25, 0.3) is 0 Å². The van der Waals surface area contributed by atoms with Crippen molar-refractivity contribution in [3.8, 4) is 6.07 Å². The van der Waals surface area contributed by atoms with Crippen molar-refractivity contribution >= 4 is 39.1 Å². The first-order chi connectivity index (χ1) is 9.93. The van der Waals surface area contributed by atoms with Crippen molar-refractivity contribution in [2.24, 2.45) is 0 Å². The summed E-state index contributed by atoms with van der Waals surface area (Å²) < 4.78 is 14.4. The Hall–Kier alpha value is -1.90. The summed E-state index contributed by atoms with van der Waals surface area (Å²) in [6.45, 7) is 0. The van der Waals surface area contributed by atoms with Crippen LogP contribution in [0.4, 0.5) is 10.1 Å². The molecule has 6 heteroatoms. The van der Waals surface area contributed by atoms with E-state index in [4.69, 9.17) is 16.9 Å². The third-order valence-electron chi connectivity index (χ3n) is 2.91. The van der Waals surface area contributed by atoms with Gasteiger partial charge in [0.1, 0.15) is 11.9 Å². The molecule has 0 aliphatic carbocycles. The van der Waals surface area contributed by atoms with Gasteiger partial charge in [0.2, 0.25) is 0 Å². The number of benzene rings is 2. The smallest absolute Gasteiger partial charge is 0.261 e. The Bertz CT molecular complexity index is 758. The van der Waals surface area contributed by atoms with E-state index in [1.54, 1.807) is 6.07 Å². The number of carbonyl (C=O) groups excluding carboxylic acids is 1. The molecule has 0 N–H and O–H groups in total. The minimum absolute atomic E-state index is 0.0873. The largest absolute Gasteiger partial charge is 0.310 e. The maximum atomic E-state index is 13.8. The van der Waals surface area contributed by atoms with Crippen molar-refractivity contribution in [2.75, 3.05) is 11.9 Å². The lowest BCUT2D eigenvalue weighted by atomic mass is 10.1. The number of rotatable bonds is 2. The molecule has 0 atom stereocenters. The molecule has 0 unspecified atom stereocenters. The first-order valence-corrected chi connectivity index (χ1v) is 7.04. The molecule has 106 valence electrons. The molecule has 21 heavy (non-hydrogen) atoms. The molecule has 2 rings (SSSR count). The fourth-order valence-corrected chi connectivity index (χ4v) is 2.36. The average molecular weight is 368 g/mol. The third-order valence-corrected chi connectivity index (χ3v) is 3.63. The maximum absolute atomic E-state index is 13.8. The molecule has 0 aromatic heterocycles. The quantitative estimate of drug-likeness (QED) is 0.790. The molecule has 3 nitrogen and oxygen atoms in total. The summed E-state index contributed by atoms with van der Waals surface area (Å²) in [6.07, 6.45) is 0. The van der Waals surface area contributed by atoms with Crippen LogP contribution in [-0.4, -0.2) is 13.0 Å². The number of anilines is 1. The van der Waals surface area contributed by atoms with E-state index >= 15 is 0 Å². The highest BCUT2D eigenvalue weighted by atomic mass is 79.9. The summed E-state index contributed by atoms with van der Waals surface area (Å²) in [6, 6.07) is 10.6. The van der Waals surface area contributed by atoms with E-state index in [1.807, 2.05) is 6.07 Å². The van der Waals surface area contributed by atoms with Crippen LogP contribution in [0.15, 0.2) is 40.9 Å². The number of hydrogen-bond donors (Lipinski definition) is 0. The van der Waals surface area contributed by atoms with Gasteiger partial charge in [0.15, 0.2) is 0 Å². The Balaban J connectivity index is 2.47. The summed E-state index contributed by atoms with van der Waals surface area (Å²) in [4.78, 5) is 13.6. The fourth-order valence-electron chi connectivity index (χ4n) is 1.83. The number of carbonyl (C=O) groups is 1. The van der Waals surface area contributed by atoms with Gasteiger partial charge in [-0.3, -0.25) is 4.79 Å². The zero-order valence-corrected chi connectivity index (χ0v) is 13.2. The average Bonchev–Trinajstić information content (AvgIpc) is 2.48. The SMILES string of the molecule is CN(C(=O)c1cc(Br)ccc1F)c1cc(Cl)ccc1C#N. The molecule has 2 aromatic rings. The van der Waals surface area contributed by atoms with Crippen molar-refractivity contribution in [2.45, 2.75) is 0 Å². The Kier molecular flexibility index (Phi) is 4.61. The van der Waals surface area contributed by atoms with E-state index in [9.17, 15) is 9.18 Å². The maximum Gasteiger partial charge on any atom is 0.261 e. The number of hydrogen-bond acceptors (Lipinski definition) is 2. The van der Waals surface area contributed by atoms with Crippen LogP contribution in [0.2, 0.25) is 5.02 Å². The molecular formula is C15H9BrClFN2O. The second kappa shape index (κ2) is 6.25. The first kappa shape index (κ1) is 15.5. The topological polar surface area (TPSA) is 44.1 Å². The van der Waals surface area contributed by atoms with Gasteiger partial charge in [-0.25, -0.2) is 4.39 Å². The summed E-state index contributed by atoms with van der Waals surface area (Å²) >= 11 is 9.09. The molecule has 0 bridgehead atoms. The van der Waals surface area contributed by atoms with Crippen molar-refractivity contribution < 1.29 is 9.18 Å². The summed E-state index contributed by atoms with van der Waals surface area (Å²) in [5.41, 5.74) is 0.524. The van der Waals surface area contributed by atoms with Crippen LogP contribution in [0.1, 0.15) is 15.9 Å². The number of amides is 1. The summed E-state index contributed by atoms with van der Waals surface area (Å²) in [5.74, 6) is -1.19. The number of nitrogens with zero attached hydrogens (tertiary/aromatic N) is 2. The van der Waals surface area contributed by atoms with Crippen molar-refractivity contribution in [3.63, 3.8) is 0 Å². The first-order valence-electron chi connectivity index (χ1n) is 5.87. The van der Waals surface area contributed by atoms with Crippen LogP contribution >= 0.6 is 27.5 Å². The Morgan fingerprint density at radius 2 is 2.05 bits per heavy atom. The minimum Gasteiger partial charge on any atom is -0.310 e. The van der Waals surface area contributed by atoms with Gasteiger partial charge in [0, 0.05) is 16.5 Å². The second-order valence-corrected chi connectivity index (χ2v) is 5.61. The fraction of sp³-hybridized carbons (Fsp3) is 0.0667. The molecular weight excluding hydrogens is 359 g/mol. The molecule has 0 fully saturated rings. The zero-order valence-electron chi connectivity index (χ0n) is 10.9. The van der Waals surface area contributed by atoms with Crippen LogP contribution < -0.4 is 4.90 Å². The molecule has 0 spiro atoms. The van der Waals surface area contributed by atoms with Crippen LogP contribution in [0.5, 0.6) is 0 Å². The lowest BCUT2D eigenvalue weighted by Crippen LogP contribution is -2.27. The molecule has 0 aliphatic rings. The van der Waals surface area contributed by atoms with E-state index in [-0.39, 0.29) is 11.1 Å². The van der Waals surface area contributed by atoms with E-state index in [1.165, 1.54) is 42.3 Å². The molecule has 2 aromatic carbocycles. The zero-order chi connectivity index (χ0) is 15.6. The molecule has 0 saturated heterocycles. The van der Waals surface area contributed by atoms with Crippen LogP contribution in [0, 0.1) is 17.1 Å². The van der Waals surface area contributed by atoms with E-state index in [0.717, 1.165) is 0 Å². The highest BCUT2D eigenvalue weighted by Gasteiger charge is 2.20. The van der Waals surface area contributed by atoms with Gasteiger partial charge >= 0.3 is 0 Å². The monoisotopic (exact) mass is 366 g/mol. The highest BCUT2D eigenvalue weighted by molar-refractivity contribution is 9.10. The van der Waals surface area contributed by atoms with Gasteiger partial charge in [-0.2, -0.15) is 5.26 Å². The van der Waals surface area contributed by atoms with Crippen LogP contribution in [0.3, 0.4) is 0 Å². The number of nitriles is 1. The lowest BCUT2D eigenvalue weighted by molar-refractivity contribution is 0.0989. The molecule has 0 aliphatic heterocycles. The lowest BCUT2D eigenvalue weighted by Gasteiger charge is -2.19. The van der Waals surface area contributed by atoms with Crippen molar-refractivity contribution in [1.29, 1.82) is 5.26 Å². The van der Waals surface area contributed by atoms with E-state index < -0.39 is 11.7 Å². The van der Waals surface area contributed by atoms with Gasteiger partial charge in [0.05, 0.1) is 16.8 Å². The van der Waals surface area contributed by atoms with Crippen LogP contribution in [-0.2, 0) is 0 Å². The minimum atomic E-state index is -0.629. The summed E-state index contributed by atoms with van der Waals surface area (Å²) in [5, 5.41) is 9.48. The predicted molar refractivity (Wildman–Crippen MR) is 83.0 cm³/mol. The normalized spacial score (nSPS) is 10.0. The second-order valence-electron chi connectivity index (χ2n) is 4.26. The van der Waals surface area contributed by atoms with Gasteiger partial charge in [-0.1, -0.05) is 27.5 Å². The van der Waals surface area contributed by atoms with Gasteiger partial charge < -0.3 is 4.90 Å². The summed E-state index contributed by atoms with van der Waals surface area (Å²) in [7, 11) is 1.47. The Morgan fingerprint density at radius 3 is 2.71 bits per heavy atom. The third kappa shape index (κ3) is 3.23. The van der Waals surface area contributed by atoms with E-state index in [2.05, 4.69) is 15.9 Å². The van der Waals surface area contributed by atoms with Crippen molar-refractivity contribution in [3.05, 3.63) is 62.8 Å². The molecule has 1 amide bonds. The Morgan fingerprint density at radius 1 is 1.33 bits per heavy atom. The number of halogens is 3. The predicted octanol–water partition coefficient (Wildman–Crippen LogP) is 4.39. The van der Waals surface area contributed by atoms with E-state index in [0.29, 0.717) is 15.2 Å². The molecule has 0 heterocycles. The molecule has 0 radical (unpaired) electrons. The van der Waals surface area contributed by atoms with Gasteiger partial charge in [-0.05, 0) is 36.4 Å². The Labute approximate surface area is 134 Å². The highest BCUT2D eigenvalue weighted by Crippen LogP contribution is 2.26. The van der Waals surface area contributed by atoms with Gasteiger partial charge in [0.25, 0.3) is 5.91 Å².